The number of allylic oxidation sites excluding steroid dienone is 1. The van der Waals surface area contributed by atoms with Crippen LogP contribution in [0.1, 0.15) is 56.2 Å². The van der Waals surface area contributed by atoms with Crippen molar-refractivity contribution in [2.45, 2.75) is 50.9 Å². The fraction of sp³-hybridized carbons (Fsp3) is 0.345. The predicted molar refractivity (Wildman–Crippen MR) is 143 cm³/mol. The van der Waals surface area contributed by atoms with Gasteiger partial charge in [0.25, 0.3) is 0 Å². The quantitative estimate of drug-likeness (QED) is 0.201. The molecule has 3 aromatic heterocycles. The van der Waals surface area contributed by atoms with Gasteiger partial charge < -0.3 is 9.42 Å². The fourth-order valence-corrected chi connectivity index (χ4v) is 4.55. The Bertz CT molecular complexity index is 1440. The lowest BCUT2D eigenvalue weighted by molar-refractivity contribution is -0.118. The van der Waals surface area contributed by atoms with Gasteiger partial charge in [-0.3, -0.25) is 4.79 Å². The molecule has 5 rings (SSSR count). The summed E-state index contributed by atoms with van der Waals surface area (Å²) in [4.78, 5) is 23.9. The van der Waals surface area contributed by atoms with Crippen molar-refractivity contribution >= 4 is 17.2 Å². The molecule has 1 aliphatic rings. The average molecular weight is 515 g/mol. The maximum Gasteiger partial charge on any atom is 0.227 e. The molecule has 0 radical (unpaired) electrons. The van der Waals surface area contributed by atoms with Gasteiger partial charge >= 0.3 is 0 Å². The van der Waals surface area contributed by atoms with Crippen LogP contribution in [0.5, 0.6) is 0 Å². The highest BCUT2D eigenvalue weighted by Crippen LogP contribution is 2.38. The van der Waals surface area contributed by atoms with E-state index in [1.54, 1.807) is 9.42 Å². The number of hydrogen-bond acceptors (Lipinski definition) is 6. The second-order valence-corrected chi connectivity index (χ2v) is 9.73. The molecule has 3 heterocycles. The molecule has 1 atom stereocenters. The zero-order valence-corrected chi connectivity index (χ0v) is 21.3. The Labute approximate surface area is 220 Å². The van der Waals surface area contributed by atoms with Crippen LogP contribution in [0, 0.1) is 5.92 Å². The Morgan fingerprint density at radius 1 is 1.26 bits per heavy atom. The lowest BCUT2D eigenvalue weighted by Gasteiger charge is -2.27. The number of aryl methyl sites for hydroxylation is 1. The summed E-state index contributed by atoms with van der Waals surface area (Å²) in [6.07, 6.45) is 9.81. The predicted octanol–water partition coefficient (Wildman–Crippen LogP) is 6.08. The third-order valence-electron chi connectivity index (χ3n) is 6.83. The lowest BCUT2D eigenvalue weighted by atomic mass is 10.00. The number of halogens is 1. The van der Waals surface area contributed by atoms with Crippen LogP contribution >= 0.6 is 0 Å². The zero-order chi connectivity index (χ0) is 26.5. The van der Waals surface area contributed by atoms with Crippen LogP contribution in [-0.2, 0) is 11.2 Å². The Morgan fingerprint density at radius 3 is 2.92 bits per heavy atom. The molecule has 0 N–H and O–H groups in total. The van der Waals surface area contributed by atoms with Gasteiger partial charge in [0.15, 0.2) is 11.5 Å². The van der Waals surface area contributed by atoms with E-state index in [-0.39, 0.29) is 24.7 Å². The molecule has 9 heteroatoms. The van der Waals surface area contributed by atoms with E-state index in [1.807, 2.05) is 48.7 Å². The van der Waals surface area contributed by atoms with Crippen molar-refractivity contribution in [2.24, 2.45) is 5.92 Å². The highest BCUT2D eigenvalue weighted by atomic mass is 19.1. The number of carbonyl (C=O) groups is 1. The van der Waals surface area contributed by atoms with E-state index >= 15 is 0 Å². The Hall–Kier alpha value is -4.14. The minimum Gasteiger partial charge on any atom is -0.339 e. The molecule has 196 valence electrons. The van der Waals surface area contributed by atoms with Gasteiger partial charge in [-0.2, -0.15) is 10.1 Å². The first-order valence-corrected chi connectivity index (χ1v) is 13.0. The van der Waals surface area contributed by atoms with Gasteiger partial charge in [0.1, 0.15) is 6.33 Å². The number of carbonyl (C=O) groups excluding carboxylic acids is 1. The summed E-state index contributed by atoms with van der Waals surface area (Å²) >= 11 is 0. The number of amides is 1. The molecule has 1 aromatic carbocycles. The largest absolute Gasteiger partial charge is 0.339 e. The molecule has 38 heavy (non-hydrogen) atoms. The standard InChI is InChI=1S/C29H31FN6O2/c1-3-21(7-4-11-26-33-28(34-38-26)22-13-14-22)18-35(27(37)15-12-20(2)30)24-9-5-8-23(17-24)25-10-6-16-36-29(25)31-19-32-36/h3,5-6,8-10,16-17,19,21-22H,1-2,4,7,11-15,18H2. The molecular weight excluding hydrogens is 483 g/mol. The third-order valence-corrected chi connectivity index (χ3v) is 6.83. The van der Waals surface area contributed by atoms with Crippen molar-refractivity contribution in [1.29, 1.82) is 0 Å². The first-order chi connectivity index (χ1) is 18.5. The maximum absolute atomic E-state index is 13.4. The van der Waals surface area contributed by atoms with Crippen LogP contribution in [0.15, 0.2) is 78.5 Å². The molecule has 0 bridgehead atoms. The normalized spacial score (nSPS) is 13.9. The summed E-state index contributed by atoms with van der Waals surface area (Å²) in [5.41, 5.74) is 3.27. The number of nitrogens with zero attached hydrogens (tertiary/aromatic N) is 6. The molecule has 1 unspecified atom stereocenters. The van der Waals surface area contributed by atoms with E-state index in [2.05, 4.69) is 33.4 Å². The molecule has 0 spiro atoms. The van der Waals surface area contributed by atoms with Gasteiger partial charge in [-0.05, 0) is 61.4 Å². The van der Waals surface area contributed by atoms with Crippen molar-refractivity contribution in [1.82, 2.24) is 24.7 Å². The average Bonchev–Trinajstić information content (AvgIpc) is 3.47. The van der Waals surface area contributed by atoms with Crippen LogP contribution < -0.4 is 4.90 Å². The third kappa shape index (κ3) is 6.04. The Balaban J connectivity index is 1.33. The van der Waals surface area contributed by atoms with Crippen LogP contribution in [0.3, 0.4) is 0 Å². The first-order valence-electron chi connectivity index (χ1n) is 13.0. The van der Waals surface area contributed by atoms with E-state index in [4.69, 9.17) is 4.52 Å². The van der Waals surface area contributed by atoms with Crippen molar-refractivity contribution < 1.29 is 13.7 Å². The first kappa shape index (κ1) is 25.5. The second-order valence-electron chi connectivity index (χ2n) is 9.73. The number of rotatable bonds is 13. The number of pyridine rings is 1. The summed E-state index contributed by atoms with van der Waals surface area (Å²) < 4.78 is 20.5. The van der Waals surface area contributed by atoms with E-state index in [9.17, 15) is 9.18 Å². The van der Waals surface area contributed by atoms with Gasteiger partial charge in [0.2, 0.25) is 11.8 Å². The van der Waals surface area contributed by atoms with Crippen molar-refractivity contribution in [2.75, 3.05) is 11.4 Å². The van der Waals surface area contributed by atoms with Crippen LogP contribution in [0.2, 0.25) is 0 Å². The molecule has 1 amide bonds. The number of aromatic nitrogens is 5. The zero-order valence-electron chi connectivity index (χ0n) is 21.3. The van der Waals surface area contributed by atoms with Gasteiger partial charge in [0, 0.05) is 49.2 Å². The SMILES string of the molecule is C=CC(CCCc1nc(C2CC2)no1)CN(C(=O)CCC(=C)F)c1cccc(-c2cccn3ncnc23)c1. The van der Waals surface area contributed by atoms with Gasteiger partial charge in [-0.15, -0.1) is 6.58 Å². The Morgan fingerprint density at radius 2 is 2.13 bits per heavy atom. The molecular formula is C29H31FN6O2. The Kier molecular flexibility index (Phi) is 7.72. The summed E-state index contributed by atoms with van der Waals surface area (Å²) in [6.45, 7) is 7.75. The van der Waals surface area contributed by atoms with E-state index in [0.29, 0.717) is 24.8 Å². The summed E-state index contributed by atoms with van der Waals surface area (Å²) in [5.74, 6) is 1.28. The lowest BCUT2D eigenvalue weighted by Crippen LogP contribution is -2.35. The summed E-state index contributed by atoms with van der Waals surface area (Å²) in [5, 5.41) is 8.30. The van der Waals surface area contributed by atoms with Crippen LogP contribution in [-0.4, -0.2) is 37.2 Å². The number of anilines is 1. The van der Waals surface area contributed by atoms with Gasteiger partial charge in [-0.1, -0.05) is 29.9 Å². The minimum atomic E-state index is -0.504. The molecule has 8 nitrogen and oxygen atoms in total. The molecule has 4 aromatic rings. The molecule has 0 aliphatic heterocycles. The molecule has 0 saturated heterocycles. The van der Waals surface area contributed by atoms with E-state index in [0.717, 1.165) is 54.0 Å². The molecule has 1 aliphatic carbocycles. The number of hydrogen-bond donors (Lipinski definition) is 0. The number of fused-ring (bicyclic) bond motifs is 1. The second kappa shape index (κ2) is 11.5. The van der Waals surface area contributed by atoms with Crippen molar-refractivity contribution in [3.05, 3.63) is 85.7 Å². The summed E-state index contributed by atoms with van der Waals surface area (Å²) in [7, 11) is 0. The van der Waals surface area contributed by atoms with Crippen LogP contribution in [0.4, 0.5) is 10.1 Å². The highest BCUT2D eigenvalue weighted by Gasteiger charge is 2.28. The van der Waals surface area contributed by atoms with E-state index in [1.165, 1.54) is 6.33 Å². The topological polar surface area (TPSA) is 89.4 Å². The molecule has 1 saturated carbocycles. The van der Waals surface area contributed by atoms with Crippen molar-refractivity contribution in [3.63, 3.8) is 0 Å². The van der Waals surface area contributed by atoms with Gasteiger partial charge in [0.05, 0.1) is 5.83 Å². The maximum atomic E-state index is 13.4. The molecule has 1 fully saturated rings. The monoisotopic (exact) mass is 514 g/mol. The highest BCUT2D eigenvalue weighted by molar-refractivity contribution is 5.94. The van der Waals surface area contributed by atoms with E-state index < -0.39 is 5.83 Å². The number of benzene rings is 1. The van der Waals surface area contributed by atoms with Gasteiger partial charge in [-0.25, -0.2) is 13.9 Å². The fourth-order valence-electron chi connectivity index (χ4n) is 4.55. The van der Waals surface area contributed by atoms with Crippen LogP contribution in [0.25, 0.3) is 16.8 Å². The summed E-state index contributed by atoms with van der Waals surface area (Å²) in [6, 6.07) is 11.6. The van der Waals surface area contributed by atoms with Crippen molar-refractivity contribution in [3.8, 4) is 11.1 Å². The smallest absolute Gasteiger partial charge is 0.227 e. The minimum absolute atomic E-state index is 0.00662.